The van der Waals surface area contributed by atoms with Crippen LogP contribution in [0, 0.1) is 17.8 Å². The topological polar surface area (TPSA) is 98.7 Å². The molecular formula is C19H33N3O4. The van der Waals surface area contributed by atoms with Crippen LogP contribution in [0.25, 0.3) is 0 Å². The average Bonchev–Trinajstić information content (AvgIpc) is 2.61. The Balaban J connectivity index is 1.95. The van der Waals surface area contributed by atoms with Crippen LogP contribution in [0.3, 0.4) is 0 Å². The SMILES string of the molecule is CC(C)CNC(=O)N1CCCC(C(=O)NC2(C(=O)O)CCC(C)CC2)C1. The van der Waals surface area contributed by atoms with Crippen molar-refractivity contribution in [3.8, 4) is 0 Å². The van der Waals surface area contributed by atoms with Crippen molar-refractivity contribution in [1.29, 1.82) is 0 Å². The Morgan fingerprint density at radius 3 is 2.42 bits per heavy atom. The third-order valence-electron chi connectivity index (χ3n) is 5.64. The van der Waals surface area contributed by atoms with Gasteiger partial charge in [0.25, 0.3) is 0 Å². The highest BCUT2D eigenvalue weighted by atomic mass is 16.4. The summed E-state index contributed by atoms with van der Waals surface area (Å²) in [7, 11) is 0. The highest BCUT2D eigenvalue weighted by molar-refractivity contribution is 5.88. The summed E-state index contributed by atoms with van der Waals surface area (Å²) in [5.74, 6) is -0.659. The summed E-state index contributed by atoms with van der Waals surface area (Å²) in [6, 6.07) is -0.143. The minimum Gasteiger partial charge on any atom is -0.480 e. The first-order valence-corrected chi connectivity index (χ1v) is 9.81. The largest absolute Gasteiger partial charge is 0.480 e. The Hall–Kier alpha value is -1.79. The van der Waals surface area contributed by atoms with Gasteiger partial charge in [-0.05, 0) is 50.4 Å². The van der Waals surface area contributed by atoms with Gasteiger partial charge in [-0.2, -0.15) is 0 Å². The lowest BCUT2D eigenvalue weighted by Gasteiger charge is -2.39. The van der Waals surface area contributed by atoms with Crippen molar-refractivity contribution >= 4 is 17.9 Å². The normalized spacial score (nSPS) is 29.3. The lowest BCUT2D eigenvalue weighted by Crippen LogP contribution is -2.59. The fourth-order valence-electron chi connectivity index (χ4n) is 3.76. The molecule has 0 aromatic rings. The summed E-state index contributed by atoms with van der Waals surface area (Å²) in [6.07, 6.45) is 4.00. The summed E-state index contributed by atoms with van der Waals surface area (Å²) in [4.78, 5) is 38.5. The van der Waals surface area contributed by atoms with Gasteiger partial charge in [-0.1, -0.05) is 20.8 Å². The number of amides is 3. The minimum absolute atomic E-state index is 0.143. The van der Waals surface area contributed by atoms with Crippen LogP contribution in [0.1, 0.15) is 59.3 Å². The monoisotopic (exact) mass is 367 g/mol. The van der Waals surface area contributed by atoms with E-state index in [-0.39, 0.29) is 17.9 Å². The van der Waals surface area contributed by atoms with E-state index in [1.165, 1.54) is 0 Å². The fourth-order valence-corrected chi connectivity index (χ4v) is 3.76. The van der Waals surface area contributed by atoms with Gasteiger partial charge in [0.15, 0.2) is 0 Å². The van der Waals surface area contributed by atoms with Gasteiger partial charge in [-0.3, -0.25) is 4.79 Å². The predicted octanol–water partition coefficient (Wildman–Crippen LogP) is 2.21. The van der Waals surface area contributed by atoms with Crippen molar-refractivity contribution in [3.63, 3.8) is 0 Å². The molecule has 2 aliphatic rings. The molecule has 3 N–H and O–H groups in total. The van der Waals surface area contributed by atoms with E-state index < -0.39 is 11.5 Å². The van der Waals surface area contributed by atoms with E-state index in [9.17, 15) is 19.5 Å². The second kappa shape index (κ2) is 8.73. The number of piperidine rings is 1. The molecule has 7 heteroatoms. The van der Waals surface area contributed by atoms with Crippen molar-refractivity contribution in [2.45, 2.75) is 64.8 Å². The van der Waals surface area contributed by atoms with E-state index in [0.717, 1.165) is 19.3 Å². The summed E-state index contributed by atoms with van der Waals surface area (Å²) in [5, 5.41) is 15.4. The molecule has 3 amide bonds. The van der Waals surface area contributed by atoms with E-state index >= 15 is 0 Å². The minimum atomic E-state index is -1.15. The molecule has 2 rings (SSSR count). The molecular weight excluding hydrogens is 334 g/mol. The Morgan fingerprint density at radius 2 is 1.85 bits per heavy atom. The highest BCUT2D eigenvalue weighted by Crippen LogP contribution is 2.33. The number of carbonyl (C=O) groups excluding carboxylic acids is 2. The first-order valence-electron chi connectivity index (χ1n) is 9.81. The zero-order valence-electron chi connectivity index (χ0n) is 16.2. The number of rotatable bonds is 5. The number of nitrogens with one attached hydrogen (secondary N) is 2. The van der Waals surface area contributed by atoms with Crippen LogP contribution in [0.4, 0.5) is 4.79 Å². The molecule has 148 valence electrons. The Bertz CT molecular complexity index is 527. The molecule has 0 radical (unpaired) electrons. The van der Waals surface area contributed by atoms with Crippen LogP contribution in [0.2, 0.25) is 0 Å². The van der Waals surface area contributed by atoms with Gasteiger partial charge >= 0.3 is 12.0 Å². The fraction of sp³-hybridized carbons (Fsp3) is 0.842. The lowest BCUT2D eigenvalue weighted by molar-refractivity contribution is -0.150. The average molecular weight is 367 g/mol. The molecule has 1 saturated carbocycles. The van der Waals surface area contributed by atoms with Crippen LogP contribution in [0.5, 0.6) is 0 Å². The number of urea groups is 1. The first kappa shape index (κ1) is 20.5. The summed E-state index contributed by atoms with van der Waals surface area (Å²) in [5.41, 5.74) is -1.15. The van der Waals surface area contributed by atoms with Gasteiger partial charge in [-0.25, -0.2) is 9.59 Å². The maximum atomic E-state index is 12.8. The molecule has 1 heterocycles. The second-order valence-corrected chi connectivity index (χ2v) is 8.42. The number of hydrogen-bond acceptors (Lipinski definition) is 3. The molecule has 7 nitrogen and oxygen atoms in total. The van der Waals surface area contributed by atoms with Crippen LogP contribution in [0.15, 0.2) is 0 Å². The molecule has 1 atom stereocenters. The lowest BCUT2D eigenvalue weighted by atomic mass is 9.76. The maximum absolute atomic E-state index is 12.8. The van der Waals surface area contributed by atoms with E-state index in [0.29, 0.717) is 50.7 Å². The quantitative estimate of drug-likeness (QED) is 0.694. The van der Waals surface area contributed by atoms with E-state index in [4.69, 9.17) is 0 Å². The molecule has 1 aliphatic carbocycles. The molecule has 1 aliphatic heterocycles. The standard InChI is InChI=1S/C19H33N3O4/c1-13(2)11-20-18(26)22-10-4-5-15(12-22)16(23)21-19(17(24)25)8-6-14(3)7-9-19/h13-15H,4-12H2,1-3H3,(H,20,26)(H,21,23)(H,24,25). The van der Waals surface area contributed by atoms with Crippen molar-refractivity contribution in [1.82, 2.24) is 15.5 Å². The predicted molar refractivity (Wildman–Crippen MR) is 98.7 cm³/mol. The second-order valence-electron chi connectivity index (χ2n) is 8.42. The molecule has 2 fully saturated rings. The van der Waals surface area contributed by atoms with Crippen LogP contribution < -0.4 is 10.6 Å². The van der Waals surface area contributed by atoms with Crippen LogP contribution in [-0.2, 0) is 9.59 Å². The van der Waals surface area contributed by atoms with Crippen molar-refractivity contribution in [2.75, 3.05) is 19.6 Å². The van der Waals surface area contributed by atoms with E-state index in [1.807, 2.05) is 13.8 Å². The number of nitrogens with zero attached hydrogens (tertiary/aromatic N) is 1. The Kier molecular flexibility index (Phi) is 6.89. The zero-order valence-corrected chi connectivity index (χ0v) is 16.2. The molecule has 1 saturated heterocycles. The van der Waals surface area contributed by atoms with Gasteiger partial charge in [-0.15, -0.1) is 0 Å². The number of carboxylic acid groups (broad SMARTS) is 1. The van der Waals surface area contributed by atoms with Gasteiger partial charge in [0.1, 0.15) is 5.54 Å². The zero-order chi connectivity index (χ0) is 19.3. The van der Waals surface area contributed by atoms with Gasteiger partial charge in [0.2, 0.25) is 5.91 Å². The summed E-state index contributed by atoms with van der Waals surface area (Å²) >= 11 is 0. The van der Waals surface area contributed by atoms with Gasteiger partial charge in [0, 0.05) is 19.6 Å². The van der Waals surface area contributed by atoms with Crippen molar-refractivity contribution in [3.05, 3.63) is 0 Å². The summed E-state index contributed by atoms with van der Waals surface area (Å²) in [6.45, 7) is 7.76. The van der Waals surface area contributed by atoms with Crippen molar-refractivity contribution < 1.29 is 19.5 Å². The third kappa shape index (κ3) is 5.11. The van der Waals surface area contributed by atoms with Crippen molar-refractivity contribution in [2.24, 2.45) is 17.8 Å². The molecule has 0 aromatic heterocycles. The number of hydrogen-bond donors (Lipinski definition) is 3. The molecule has 0 aromatic carbocycles. The summed E-state index contributed by atoms with van der Waals surface area (Å²) < 4.78 is 0. The highest BCUT2D eigenvalue weighted by Gasteiger charge is 2.44. The molecule has 0 bridgehead atoms. The van der Waals surface area contributed by atoms with Gasteiger partial charge < -0.3 is 20.6 Å². The molecule has 0 spiro atoms. The van der Waals surface area contributed by atoms with E-state index in [1.54, 1.807) is 4.90 Å². The first-order chi connectivity index (χ1) is 12.2. The number of aliphatic carboxylic acids is 1. The number of carbonyl (C=O) groups is 3. The van der Waals surface area contributed by atoms with Crippen LogP contribution >= 0.6 is 0 Å². The Morgan fingerprint density at radius 1 is 1.19 bits per heavy atom. The smallest absolute Gasteiger partial charge is 0.329 e. The Labute approximate surface area is 155 Å². The number of carboxylic acids is 1. The molecule has 1 unspecified atom stereocenters. The van der Waals surface area contributed by atoms with Gasteiger partial charge in [0.05, 0.1) is 5.92 Å². The number of likely N-dealkylation sites (tertiary alicyclic amines) is 1. The van der Waals surface area contributed by atoms with E-state index in [2.05, 4.69) is 17.6 Å². The maximum Gasteiger partial charge on any atom is 0.329 e. The van der Waals surface area contributed by atoms with Crippen LogP contribution in [-0.4, -0.2) is 53.1 Å². The third-order valence-corrected chi connectivity index (χ3v) is 5.64. The molecule has 26 heavy (non-hydrogen) atoms.